The number of nitrogens with one attached hydrogen (secondary N) is 1. The van der Waals surface area contributed by atoms with Gasteiger partial charge < -0.3 is 5.32 Å². The van der Waals surface area contributed by atoms with Crippen LogP contribution in [0.4, 0.5) is 8.78 Å². The van der Waals surface area contributed by atoms with Crippen molar-refractivity contribution in [2.45, 2.75) is 31.2 Å². The Labute approximate surface area is 115 Å². The molecule has 1 aromatic rings. The maximum Gasteiger partial charge on any atom is 0.248 e. The SMILES string of the molecule is CNC(c1cc(Cl)ccc1Cl)C1CCC(F)(F)C1. The fourth-order valence-corrected chi connectivity index (χ4v) is 3.08. The van der Waals surface area contributed by atoms with Crippen molar-refractivity contribution in [2.75, 3.05) is 7.05 Å². The van der Waals surface area contributed by atoms with Gasteiger partial charge in [-0.3, -0.25) is 0 Å². The number of alkyl halides is 2. The normalized spacial score (nSPS) is 24.2. The minimum atomic E-state index is -2.55. The van der Waals surface area contributed by atoms with Crippen LogP contribution in [-0.2, 0) is 0 Å². The largest absolute Gasteiger partial charge is 0.313 e. The van der Waals surface area contributed by atoms with E-state index >= 15 is 0 Å². The number of benzene rings is 1. The molecule has 2 rings (SSSR count). The molecule has 1 fully saturated rings. The second-order valence-corrected chi connectivity index (χ2v) is 5.63. The summed E-state index contributed by atoms with van der Waals surface area (Å²) >= 11 is 12.1. The number of hydrogen-bond donors (Lipinski definition) is 1. The monoisotopic (exact) mass is 293 g/mol. The van der Waals surface area contributed by atoms with E-state index in [1.165, 1.54) is 0 Å². The molecular formula is C13H15Cl2F2N. The molecule has 1 aliphatic rings. The molecule has 2 atom stereocenters. The summed E-state index contributed by atoms with van der Waals surface area (Å²) in [6.45, 7) is 0. The Balaban J connectivity index is 2.26. The Bertz CT molecular complexity index is 437. The molecule has 0 spiro atoms. The zero-order valence-electron chi connectivity index (χ0n) is 10.0. The first-order valence-corrected chi connectivity index (χ1v) is 6.68. The smallest absolute Gasteiger partial charge is 0.248 e. The van der Waals surface area contributed by atoms with E-state index in [1.807, 2.05) is 0 Å². The van der Waals surface area contributed by atoms with Crippen LogP contribution in [-0.4, -0.2) is 13.0 Å². The first-order chi connectivity index (χ1) is 8.43. The fourth-order valence-electron chi connectivity index (χ4n) is 2.67. The topological polar surface area (TPSA) is 12.0 Å². The van der Waals surface area contributed by atoms with Crippen molar-refractivity contribution in [1.82, 2.24) is 5.32 Å². The first kappa shape index (κ1) is 14.0. The van der Waals surface area contributed by atoms with Gasteiger partial charge in [0.15, 0.2) is 0 Å². The molecule has 1 aliphatic carbocycles. The van der Waals surface area contributed by atoms with E-state index in [4.69, 9.17) is 23.2 Å². The second kappa shape index (κ2) is 5.32. The second-order valence-electron chi connectivity index (χ2n) is 4.79. The van der Waals surface area contributed by atoms with E-state index in [-0.39, 0.29) is 24.8 Å². The maximum absolute atomic E-state index is 13.3. The minimum absolute atomic E-state index is 0.0476. The predicted octanol–water partition coefficient (Wildman–Crippen LogP) is 4.69. The Hall–Kier alpha value is -0.380. The van der Waals surface area contributed by atoms with Crippen LogP contribution in [0.5, 0.6) is 0 Å². The van der Waals surface area contributed by atoms with Crippen molar-refractivity contribution in [3.05, 3.63) is 33.8 Å². The zero-order valence-corrected chi connectivity index (χ0v) is 11.5. The quantitative estimate of drug-likeness (QED) is 0.852. The van der Waals surface area contributed by atoms with Crippen molar-refractivity contribution >= 4 is 23.2 Å². The van der Waals surface area contributed by atoms with Crippen molar-refractivity contribution in [1.29, 1.82) is 0 Å². The summed E-state index contributed by atoms with van der Waals surface area (Å²) in [5, 5.41) is 4.22. The first-order valence-electron chi connectivity index (χ1n) is 5.93. The Morgan fingerprint density at radius 2 is 2.11 bits per heavy atom. The maximum atomic E-state index is 13.3. The van der Waals surface area contributed by atoms with Gasteiger partial charge in [0.2, 0.25) is 5.92 Å². The van der Waals surface area contributed by atoms with Crippen LogP contribution in [0.3, 0.4) is 0 Å². The molecular weight excluding hydrogens is 279 g/mol. The van der Waals surface area contributed by atoms with Crippen LogP contribution in [0.1, 0.15) is 30.9 Å². The summed E-state index contributed by atoms with van der Waals surface area (Å²) in [6.07, 6.45) is 0.358. The van der Waals surface area contributed by atoms with Gasteiger partial charge in [0.25, 0.3) is 0 Å². The molecule has 0 radical (unpaired) electrons. The van der Waals surface area contributed by atoms with Gasteiger partial charge >= 0.3 is 0 Å². The van der Waals surface area contributed by atoms with Gasteiger partial charge in [-0.05, 0) is 43.1 Å². The lowest BCUT2D eigenvalue weighted by atomic mass is 9.91. The van der Waals surface area contributed by atoms with Crippen LogP contribution in [0, 0.1) is 5.92 Å². The highest BCUT2D eigenvalue weighted by molar-refractivity contribution is 6.33. The van der Waals surface area contributed by atoms with Crippen LogP contribution in [0.15, 0.2) is 18.2 Å². The molecule has 1 saturated carbocycles. The van der Waals surface area contributed by atoms with Crippen LogP contribution in [0.2, 0.25) is 10.0 Å². The van der Waals surface area contributed by atoms with Gasteiger partial charge in [-0.1, -0.05) is 23.2 Å². The van der Waals surface area contributed by atoms with Gasteiger partial charge in [0.1, 0.15) is 0 Å². The summed E-state index contributed by atoms with van der Waals surface area (Å²) in [6, 6.07) is 4.98. The van der Waals surface area contributed by atoms with Gasteiger partial charge in [0.05, 0.1) is 0 Å². The molecule has 1 nitrogen and oxygen atoms in total. The van der Waals surface area contributed by atoms with E-state index in [2.05, 4.69) is 5.32 Å². The average Bonchev–Trinajstić information content (AvgIpc) is 2.65. The molecule has 0 bridgehead atoms. The van der Waals surface area contributed by atoms with Crippen LogP contribution < -0.4 is 5.32 Å². The van der Waals surface area contributed by atoms with Crippen molar-refractivity contribution in [2.24, 2.45) is 5.92 Å². The fraction of sp³-hybridized carbons (Fsp3) is 0.538. The Morgan fingerprint density at radius 1 is 1.39 bits per heavy atom. The van der Waals surface area contributed by atoms with E-state index in [0.717, 1.165) is 5.56 Å². The van der Waals surface area contributed by atoms with Gasteiger partial charge in [0, 0.05) is 28.9 Å². The number of hydrogen-bond acceptors (Lipinski definition) is 1. The van der Waals surface area contributed by atoms with Crippen molar-refractivity contribution in [3.63, 3.8) is 0 Å². The molecule has 100 valence electrons. The average molecular weight is 294 g/mol. The van der Waals surface area contributed by atoms with Crippen molar-refractivity contribution < 1.29 is 8.78 Å². The lowest BCUT2D eigenvalue weighted by molar-refractivity contribution is 0.00340. The summed E-state index contributed by atoms with van der Waals surface area (Å²) in [4.78, 5) is 0. The number of halogens is 4. The van der Waals surface area contributed by atoms with E-state index < -0.39 is 5.92 Å². The highest BCUT2D eigenvalue weighted by atomic mass is 35.5. The summed E-state index contributed by atoms with van der Waals surface area (Å²) in [5.41, 5.74) is 0.800. The lowest BCUT2D eigenvalue weighted by Gasteiger charge is -2.24. The van der Waals surface area contributed by atoms with Gasteiger partial charge in [-0.2, -0.15) is 0 Å². The lowest BCUT2D eigenvalue weighted by Crippen LogP contribution is -2.25. The summed E-state index contributed by atoms with van der Waals surface area (Å²) in [7, 11) is 1.76. The van der Waals surface area contributed by atoms with Gasteiger partial charge in [-0.15, -0.1) is 0 Å². The third kappa shape index (κ3) is 2.95. The van der Waals surface area contributed by atoms with Gasteiger partial charge in [-0.25, -0.2) is 8.78 Å². The van der Waals surface area contributed by atoms with Crippen molar-refractivity contribution in [3.8, 4) is 0 Å². The Morgan fingerprint density at radius 3 is 2.67 bits per heavy atom. The third-order valence-corrected chi connectivity index (χ3v) is 4.10. The molecule has 5 heteroatoms. The molecule has 1 aromatic carbocycles. The van der Waals surface area contributed by atoms with Crippen LogP contribution in [0.25, 0.3) is 0 Å². The predicted molar refractivity (Wildman–Crippen MR) is 70.6 cm³/mol. The molecule has 0 amide bonds. The van der Waals surface area contributed by atoms with E-state index in [9.17, 15) is 8.78 Å². The molecule has 1 N–H and O–H groups in total. The summed E-state index contributed by atoms with van der Waals surface area (Å²) < 4.78 is 26.6. The van der Waals surface area contributed by atoms with E-state index in [1.54, 1.807) is 25.2 Å². The van der Waals surface area contributed by atoms with E-state index in [0.29, 0.717) is 16.5 Å². The molecule has 0 aliphatic heterocycles. The molecule has 0 heterocycles. The number of rotatable bonds is 3. The molecule has 18 heavy (non-hydrogen) atoms. The Kier molecular flexibility index (Phi) is 4.15. The highest BCUT2D eigenvalue weighted by Crippen LogP contribution is 2.45. The van der Waals surface area contributed by atoms with Crippen LogP contribution >= 0.6 is 23.2 Å². The summed E-state index contributed by atoms with van der Waals surface area (Å²) in [5.74, 6) is -2.66. The molecule has 2 unspecified atom stereocenters. The highest BCUT2D eigenvalue weighted by Gasteiger charge is 2.42. The third-order valence-electron chi connectivity index (χ3n) is 3.52. The zero-order chi connectivity index (χ0) is 13.3. The minimum Gasteiger partial charge on any atom is -0.313 e. The molecule has 0 aromatic heterocycles. The molecule has 0 saturated heterocycles. The standard InChI is InChI=1S/C13H15Cl2F2N/c1-18-12(8-4-5-13(16,17)7-8)10-6-9(14)2-3-11(10)15/h2-3,6,8,12,18H,4-5,7H2,1H3.